The van der Waals surface area contributed by atoms with Crippen molar-refractivity contribution < 1.29 is 19.2 Å². The van der Waals surface area contributed by atoms with E-state index in [0.717, 1.165) is 0 Å². The van der Waals surface area contributed by atoms with Gasteiger partial charge in [0.2, 0.25) is 0 Å². The van der Waals surface area contributed by atoms with E-state index in [1.807, 2.05) is 13.8 Å². The highest BCUT2D eigenvalue weighted by atomic mass is 16.5. The number of nitrogens with zero attached hydrogens (tertiary/aromatic N) is 2. The topological polar surface area (TPSA) is 105 Å². The van der Waals surface area contributed by atoms with Gasteiger partial charge in [0, 0.05) is 5.69 Å². The Labute approximate surface area is 150 Å². The van der Waals surface area contributed by atoms with Crippen LogP contribution in [-0.2, 0) is 4.79 Å². The first kappa shape index (κ1) is 17.6. The SMILES string of the molecule is Cc1noc2nc(C(C)C)cc(C(=O)N[C@H](C(=O)O)c3ccccc3)c12. The molecular weight excluding hydrogens is 334 g/mol. The standard InChI is InChI=1S/C19H19N3O4/c1-10(2)14-9-13(15-11(3)22-26-18(15)20-14)17(23)21-16(19(24)25)12-7-5-4-6-8-12/h4-10,16H,1-3H3,(H,21,23)(H,24,25)/t16-/m0/s1. The lowest BCUT2D eigenvalue weighted by Gasteiger charge is -2.16. The largest absolute Gasteiger partial charge is 0.479 e. The number of nitrogens with one attached hydrogen (secondary N) is 1. The maximum Gasteiger partial charge on any atom is 0.330 e. The van der Waals surface area contributed by atoms with E-state index in [-0.39, 0.29) is 11.6 Å². The molecule has 0 saturated carbocycles. The van der Waals surface area contributed by atoms with Crippen LogP contribution in [0, 0.1) is 6.92 Å². The molecule has 2 aromatic heterocycles. The third-order valence-corrected chi connectivity index (χ3v) is 4.13. The fraction of sp³-hybridized carbons (Fsp3) is 0.263. The van der Waals surface area contributed by atoms with Crippen LogP contribution in [0.1, 0.15) is 53.1 Å². The Kier molecular flexibility index (Phi) is 4.71. The molecule has 0 aliphatic rings. The van der Waals surface area contributed by atoms with Gasteiger partial charge in [0.1, 0.15) is 0 Å². The van der Waals surface area contributed by atoms with E-state index in [2.05, 4.69) is 15.5 Å². The number of carboxylic acid groups (broad SMARTS) is 1. The molecule has 7 heteroatoms. The number of hydrogen-bond donors (Lipinski definition) is 2. The number of aliphatic carboxylic acids is 1. The summed E-state index contributed by atoms with van der Waals surface area (Å²) >= 11 is 0. The molecule has 2 N–H and O–H groups in total. The first-order valence-electron chi connectivity index (χ1n) is 8.24. The number of rotatable bonds is 5. The van der Waals surface area contributed by atoms with E-state index in [1.165, 1.54) is 0 Å². The van der Waals surface area contributed by atoms with Crippen LogP contribution in [-0.4, -0.2) is 27.1 Å². The molecule has 0 fully saturated rings. The highest BCUT2D eigenvalue weighted by Crippen LogP contribution is 2.26. The predicted molar refractivity (Wildman–Crippen MR) is 94.9 cm³/mol. The number of pyridine rings is 1. The number of fused-ring (bicyclic) bond motifs is 1. The number of carbonyl (C=O) groups excluding carboxylic acids is 1. The van der Waals surface area contributed by atoms with Crippen LogP contribution >= 0.6 is 0 Å². The minimum absolute atomic E-state index is 0.0701. The van der Waals surface area contributed by atoms with E-state index in [4.69, 9.17) is 4.52 Å². The van der Waals surface area contributed by atoms with E-state index in [0.29, 0.717) is 27.9 Å². The molecule has 134 valence electrons. The molecule has 1 aromatic carbocycles. The van der Waals surface area contributed by atoms with E-state index < -0.39 is 17.9 Å². The normalized spacial score (nSPS) is 12.3. The van der Waals surface area contributed by atoms with Gasteiger partial charge in [0.25, 0.3) is 11.6 Å². The number of aryl methyl sites for hydroxylation is 1. The summed E-state index contributed by atoms with van der Waals surface area (Å²) in [4.78, 5) is 29.0. The van der Waals surface area contributed by atoms with E-state index in [9.17, 15) is 14.7 Å². The molecule has 1 atom stereocenters. The predicted octanol–water partition coefficient (Wildman–Crippen LogP) is 3.21. The Bertz CT molecular complexity index is 964. The summed E-state index contributed by atoms with van der Waals surface area (Å²) < 4.78 is 5.21. The monoisotopic (exact) mass is 353 g/mol. The zero-order valence-electron chi connectivity index (χ0n) is 14.7. The van der Waals surface area contributed by atoms with Crippen molar-refractivity contribution >= 4 is 23.0 Å². The van der Waals surface area contributed by atoms with Crippen LogP contribution < -0.4 is 5.32 Å². The molecule has 0 bridgehead atoms. The summed E-state index contributed by atoms with van der Waals surface area (Å²) in [7, 11) is 0. The second-order valence-corrected chi connectivity index (χ2v) is 6.35. The van der Waals surface area contributed by atoms with Gasteiger partial charge in [-0.15, -0.1) is 0 Å². The lowest BCUT2D eigenvalue weighted by atomic mass is 10.0. The lowest BCUT2D eigenvalue weighted by molar-refractivity contribution is -0.139. The Morgan fingerprint density at radius 1 is 1.19 bits per heavy atom. The molecular formula is C19H19N3O4. The van der Waals surface area contributed by atoms with Crippen molar-refractivity contribution in [3.8, 4) is 0 Å². The van der Waals surface area contributed by atoms with Gasteiger partial charge in [0.15, 0.2) is 6.04 Å². The maximum atomic E-state index is 12.9. The zero-order valence-corrected chi connectivity index (χ0v) is 14.7. The second-order valence-electron chi connectivity index (χ2n) is 6.35. The van der Waals surface area contributed by atoms with Gasteiger partial charge in [-0.1, -0.05) is 49.3 Å². The Hall–Kier alpha value is -3.22. The van der Waals surface area contributed by atoms with Crippen molar-refractivity contribution in [1.29, 1.82) is 0 Å². The first-order valence-corrected chi connectivity index (χ1v) is 8.24. The molecule has 26 heavy (non-hydrogen) atoms. The van der Waals surface area contributed by atoms with Crippen molar-refractivity contribution in [2.24, 2.45) is 0 Å². The molecule has 1 amide bonds. The molecule has 0 unspecified atom stereocenters. The Morgan fingerprint density at radius 3 is 2.50 bits per heavy atom. The van der Waals surface area contributed by atoms with Gasteiger partial charge in [-0.25, -0.2) is 9.78 Å². The molecule has 7 nitrogen and oxygen atoms in total. The number of carbonyl (C=O) groups is 2. The van der Waals surface area contributed by atoms with Crippen molar-refractivity contribution in [1.82, 2.24) is 15.5 Å². The van der Waals surface area contributed by atoms with Gasteiger partial charge in [-0.3, -0.25) is 4.79 Å². The summed E-state index contributed by atoms with van der Waals surface area (Å²) in [5, 5.41) is 16.5. The van der Waals surface area contributed by atoms with Crippen molar-refractivity contribution in [3.05, 3.63) is 58.9 Å². The molecule has 0 spiro atoms. The number of amides is 1. The fourth-order valence-corrected chi connectivity index (χ4v) is 2.73. The lowest BCUT2D eigenvalue weighted by Crippen LogP contribution is -2.34. The maximum absolute atomic E-state index is 12.9. The van der Waals surface area contributed by atoms with Crippen LogP contribution in [0.2, 0.25) is 0 Å². The Balaban J connectivity index is 2.03. The van der Waals surface area contributed by atoms with E-state index >= 15 is 0 Å². The number of aromatic nitrogens is 2. The van der Waals surface area contributed by atoms with Gasteiger partial charge in [-0.2, -0.15) is 0 Å². The molecule has 0 radical (unpaired) electrons. The van der Waals surface area contributed by atoms with E-state index in [1.54, 1.807) is 43.3 Å². The molecule has 3 aromatic rings. The second kappa shape index (κ2) is 6.95. The van der Waals surface area contributed by atoms with Crippen LogP contribution in [0.5, 0.6) is 0 Å². The average Bonchev–Trinajstić information content (AvgIpc) is 3.00. The Morgan fingerprint density at radius 2 is 1.88 bits per heavy atom. The number of carboxylic acids is 1. The third kappa shape index (κ3) is 3.28. The first-order chi connectivity index (χ1) is 12.4. The van der Waals surface area contributed by atoms with Crippen LogP contribution in [0.25, 0.3) is 11.1 Å². The smallest absolute Gasteiger partial charge is 0.330 e. The molecule has 0 aliphatic heterocycles. The van der Waals surface area contributed by atoms with Crippen molar-refractivity contribution in [3.63, 3.8) is 0 Å². The molecule has 3 rings (SSSR count). The summed E-state index contributed by atoms with van der Waals surface area (Å²) in [6, 6.07) is 9.06. The van der Waals surface area contributed by atoms with Crippen LogP contribution in [0.4, 0.5) is 0 Å². The highest BCUT2D eigenvalue weighted by Gasteiger charge is 2.26. The summed E-state index contributed by atoms with van der Waals surface area (Å²) in [5.41, 5.74) is 2.26. The van der Waals surface area contributed by atoms with Crippen molar-refractivity contribution in [2.75, 3.05) is 0 Å². The van der Waals surface area contributed by atoms with Crippen LogP contribution in [0.15, 0.2) is 40.9 Å². The summed E-state index contributed by atoms with van der Waals surface area (Å²) in [5.74, 6) is -1.58. The minimum atomic E-state index is -1.16. The number of hydrogen-bond acceptors (Lipinski definition) is 5. The fourth-order valence-electron chi connectivity index (χ4n) is 2.73. The van der Waals surface area contributed by atoms with Crippen molar-refractivity contribution in [2.45, 2.75) is 32.7 Å². The summed E-state index contributed by atoms with van der Waals surface area (Å²) in [6.45, 7) is 5.61. The molecule has 0 saturated heterocycles. The molecule has 0 aliphatic carbocycles. The minimum Gasteiger partial charge on any atom is -0.479 e. The average molecular weight is 353 g/mol. The number of benzene rings is 1. The van der Waals surface area contributed by atoms with Gasteiger partial charge < -0.3 is 14.9 Å². The van der Waals surface area contributed by atoms with Gasteiger partial charge in [0.05, 0.1) is 16.6 Å². The zero-order chi connectivity index (χ0) is 18.8. The summed E-state index contributed by atoms with van der Waals surface area (Å²) in [6.07, 6.45) is 0. The third-order valence-electron chi connectivity index (χ3n) is 4.13. The van der Waals surface area contributed by atoms with Crippen LogP contribution in [0.3, 0.4) is 0 Å². The van der Waals surface area contributed by atoms with Gasteiger partial charge >= 0.3 is 5.97 Å². The van der Waals surface area contributed by atoms with Gasteiger partial charge in [-0.05, 0) is 24.5 Å². The highest BCUT2D eigenvalue weighted by molar-refractivity contribution is 6.07. The molecule has 2 heterocycles. The quantitative estimate of drug-likeness (QED) is 0.730.